The predicted octanol–water partition coefficient (Wildman–Crippen LogP) is 2.80. The summed E-state index contributed by atoms with van der Waals surface area (Å²) in [6.45, 7) is 2.08. The number of benzene rings is 2. The number of hydrogen-bond acceptors (Lipinski definition) is 5. The Bertz CT molecular complexity index is 864. The van der Waals surface area contributed by atoms with Crippen molar-refractivity contribution in [1.82, 2.24) is 10.6 Å². The highest BCUT2D eigenvalue weighted by Crippen LogP contribution is 2.28. The molecule has 2 aromatic carbocycles. The third kappa shape index (κ3) is 4.91. The van der Waals surface area contributed by atoms with E-state index in [2.05, 4.69) is 28.9 Å². The fraction of sp³-hybridized carbons (Fsp3) is 0.286. The fourth-order valence-electron chi connectivity index (χ4n) is 3.02. The number of nitrogens with one attached hydrogen (secondary N) is 3. The molecule has 28 heavy (non-hydrogen) atoms. The first-order chi connectivity index (χ1) is 13.6. The molecule has 7 heteroatoms. The second kappa shape index (κ2) is 9.40. The molecule has 2 amide bonds. The zero-order valence-corrected chi connectivity index (χ0v) is 16.3. The largest absolute Gasteiger partial charge is 0.331 e. The van der Waals surface area contributed by atoms with Gasteiger partial charge in [0, 0.05) is 5.69 Å². The van der Waals surface area contributed by atoms with Crippen LogP contribution in [0.4, 0.5) is 5.69 Å². The van der Waals surface area contributed by atoms with E-state index < -0.39 is 17.5 Å². The highest BCUT2D eigenvalue weighted by molar-refractivity contribution is 8.00. The molecular weight excluding hydrogens is 372 g/mol. The van der Waals surface area contributed by atoms with Gasteiger partial charge in [-0.2, -0.15) is 5.26 Å². The molecule has 3 N–H and O–H groups in total. The lowest BCUT2D eigenvalue weighted by Gasteiger charge is -2.34. The number of amides is 2. The molecule has 0 aliphatic carbocycles. The lowest BCUT2D eigenvalue weighted by atomic mass is 9.92. The maximum Gasteiger partial charge on any atom is 0.241 e. The van der Waals surface area contributed by atoms with Crippen molar-refractivity contribution in [2.75, 3.05) is 11.1 Å². The van der Waals surface area contributed by atoms with Crippen molar-refractivity contribution in [2.45, 2.75) is 24.9 Å². The molecule has 1 aliphatic heterocycles. The summed E-state index contributed by atoms with van der Waals surface area (Å²) < 4.78 is 0. The van der Waals surface area contributed by atoms with Gasteiger partial charge in [0.1, 0.15) is 11.4 Å². The first-order valence-electron chi connectivity index (χ1n) is 9.12. The van der Waals surface area contributed by atoms with Crippen LogP contribution in [0.5, 0.6) is 0 Å². The molecule has 0 spiro atoms. The summed E-state index contributed by atoms with van der Waals surface area (Å²) in [5.41, 5.74) is 2.38. The summed E-state index contributed by atoms with van der Waals surface area (Å²) in [7, 11) is 0. The Labute approximate surface area is 168 Å². The molecule has 1 heterocycles. The van der Waals surface area contributed by atoms with Gasteiger partial charge in [0.15, 0.2) is 0 Å². The van der Waals surface area contributed by atoms with Gasteiger partial charge in [-0.25, -0.2) is 0 Å². The minimum atomic E-state index is -0.815. The van der Waals surface area contributed by atoms with Crippen LogP contribution in [0.15, 0.2) is 54.6 Å². The van der Waals surface area contributed by atoms with Gasteiger partial charge in [0.05, 0.1) is 17.9 Å². The van der Waals surface area contributed by atoms with E-state index in [-0.39, 0.29) is 17.6 Å². The van der Waals surface area contributed by atoms with Crippen molar-refractivity contribution in [3.05, 3.63) is 65.7 Å². The van der Waals surface area contributed by atoms with Gasteiger partial charge in [0.2, 0.25) is 11.8 Å². The maximum atomic E-state index is 12.3. The Morgan fingerprint density at radius 3 is 2.54 bits per heavy atom. The van der Waals surface area contributed by atoms with Crippen molar-refractivity contribution < 1.29 is 9.59 Å². The van der Waals surface area contributed by atoms with Crippen LogP contribution in [0.1, 0.15) is 24.1 Å². The summed E-state index contributed by atoms with van der Waals surface area (Å²) in [5.74, 6) is -1.12. The quantitative estimate of drug-likeness (QED) is 0.700. The van der Waals surface area contributed by atoms with E-state index in [1.807, 2.05) is 54.6 Å². The van der Waals surface area contributed by atoms with E-state index in [1.54, 1.807) is 0 Å². The molecule has 0 saturated carbocycles. The number of carbonyl (C=O) groups is 2. The van der Waals surface area contributed by atoms with Crippen LogP contribution in [-0.4, -0.2) is 23.1 Å². The molecule has 3 unspecified atom stereocenters. The van der Waals surface area contributed by atoms with E-state index in [0.29, 0.717) is 0 Å². The average molecular weight is 395 g/mol. The average Bonchev–Trinajstić information content (AvgIpc) is 2.73. The third-order valence-corrected chi connectivity index (χ3v) is 5.56. The highest BCUT2D eigenvalue weighted by Gasteiger charge is 2.37. The first-order valence-corrected chi connectivity index (χ1v) is 10.2. The molecule has 1 saturated heterocycles. The smallest absolute Gasteiger partial charge is 0.241 e. The van der Waals surface area contributed by atoms with Gasteiger partial charge in [0.25, 0.3) is 0 Å². The standard InChI is InChI=1S/C21H22N4O2S/c1-2-14-8-10-16(11-9-14)23-18(26)13-28-21-24-19(15-6-4-3-5-7-15)17(12-22)20(27)25-21/h3-11,17,19,21,24H,2,13H2,1H3,(H,23,26)(H,25,27). The van der Waals surface area contributed by atoms with Crippen molar-refractivity contribution in [3.63, 3.8) is 0 Å². The zero-order valence-electron chi connectivity index (χ0n) is 15.5. The molecule has 0 aromatic heterocycles. The SMILES string of the molecule is CCc1ccc(NC(=O)CSC2NC(=O)C(C#N)C(c3ccccc3)N2)cc1. The second-order valence-electron chi connectivity index (χ2n) is 6.46. The lowest BCUT2D eigenvalue weighted by molar-refractivity contribution is -0.126. The maximum absolute atomic E-state index is 12.3. The van der Waals surface area contributed by atoms with Crippen LogP contribution >= 0.6 is 11.8 Å². The third-order valence-electron chi connectivity index (χ3n) is 4.54. The van der Waals surface area contributed by atoms with E-state index in [9.17, 15) is 14.9 Å². The molecular formula is C21H22N4O2S. The highest BCUT2D eigenvalue weighted by atomic mass is 32.2. The van der Waals surface area contributed by atoms with Crippen LogP contribution in [0.25, 0.3) is 0 Å². The minimum absolute atomic E-state index is 0.149. The summed E-state index contributed by atoms with van der Waals surface area (Å²) in [6.07, 6.45) is 0.948. The van der Waals surface area contributed by atoms with Crippen molar-refractivity contribution in [1.29, 1.82) is 5.26 Å². The number of carbonyl (C=O) groups excluding carboxylic acids is 2. The molecule has 1 aliphatic rings. The molecule has 3 atom stereocenters. The van der Waals surface area contributed by atoms with Crippen molar-refractivity contribution in [3.8, 4) is 6.07 Å². The Hall–Kier alpha value is -2.82. The van der Waals surface area contributed by atoms with Crippen molar-refractivity contribution in [2.24, 2.45) is 5.92 Å². The monoisotopic (exact) mass is 394 g/mol. The molecule has 3 rings (SSSR count). The second-order valence-corrected chi connectivity index (χ2v) is 7.55. The van der Waals surface area contributed by atoms with E-state index in [0.717, 1.165) is 17.7 Å². The first kappa shape index (κ1) is 19.9. The fourth-order valence-corrected chi connectivity index (χ4v) is 3.86. The number of aryl methyl sites for hydroxylation is 1. The lowest BCUT2D eigenvalue weighted by Crippen LogP contribution is -2.56. The van der Waals surface area contributed by atoms with Crippen LogP contribution in [0.3, 0.4) is 0 Å². The number of anilines is 1. The summed E-state index contributed by atoms with van der Waals surface area (Å²) in [4.78, 5) is 24.6. The Morgan fingerprint density at radius 2 is 1.89 bits per heavy atom. The minimum Gasteiger partial charge on any atom is -0.331 e. The van der Waals surface area contributed by atoms with E-state index in [4.69, 9.17) is 0 Å². The van der Waals surface area contributed by atoms with E-state index >= 15 is 0 Å². The van der Waals surface area contributed by atoms with Crippen LogP contribution in [0, 0.1) is 17.2 Å². The van der Waals surface area contributed by atoms with Gasteiger partial charge < -0.3 is 10.6 Å². The van der Waals surface area contributed by atoms with Crippen LogP contribution < -0.4 is 16.0 Å². The molecule has 6 nitrogen and oxygen atoms in total. The number of nitriles is 1. The predicted molar refractivity (Wildman–Crippen MR) is 110 cm³/mol. The summed E-state index contributed by atoms with van der Waals surface area (Å²) >= 11 is 1.28. The zero-order chi connectivity index (χ0) is 19.9. The molecule has 1 fully saturated rings. The van der Waals surface area contributed by atoms with Gasteiger partial charge in [-0.1, -0.05) is 49.4 Å². The van der Waals surface area contributed by atoms with Gasteiger partial charge in [-0.3, -0.25) is 14.9 Å². The number of nitrogens with zero attached hydrogens (tertiary/aromatic N) is 1. The summed E-state index contributed by atoms with van der Waals surface area (Å²) in [6, 6.07) is 18.8. The van der Waals surface area contributed by atoms with Gasteiger partial charge >= 0.3 is 0 Å². The van der Waals surface area contributed by atoms with Gasteiger partial charge in [-0.05, 0) is 29.7 Å². The Kier molecular flexibility index (Phi) is 6.69. The van der Waals surface area contributed by atoms with E-state index in [1.165, 1.54) is 17.3 Å². The Balaban J connectivity index is 1.58. The molecule has 0 bridgehead atoms. The Morgan fingerprint density at radius 1 is 1.18 bits per heavy atom. The normalized spacial score (nSPS) is 21.4. The molecule has 2 aromatic rings. The number of hydrogen-bond donors (Lipinski definition) is 3. The summed E-state index contributed by atoms with van der Waals surface area (Å²) in [5, 5.41) is 18.3. The van der Waals surface area contributed by atoms with Crippen LogP contribution in [-0.2, 0) is 16.0 Å². The molecule has 0 radical (unpaired) electrons. The number of thioether (sulfide) groups is 1. The van der Waals surface area contributed by atoms with Crippen molar-refractivity contribution >= 4 is 29.3 Å². The number of rotatable bonds is 6. The van der Waals surface area contributed by atoms with Crippen LogP contribution in [0.2, 0.25) is 0 Å². The topological polar surface area (TPSA) is 94.0 Å². The van der Waals surface area contributed by atoms with Gasteiger partial charge in [-0.15, -0.1) is 11.8 Å². The molecule has 144 valence electrons.